The zero-order chi connectivity index (χ0) is 19.0. The molecule has 0 spiro atoms. The molecule has 1 fully saturated rings. The normalized spacial score (nSPS) is 14.1. The fraction of sp³-hybridized carbons (Fsp3) is 0.421. The fourth-order valence-electron chi connectivity index (χ4n) is 3.21. The van der Waals surface area contributed by atoms with Crippen LogP contribution in [0.1, 0.15) is 43.5 Å². The number of anilines is 2. The fourth-order valence-corrected chi connectivity index (χ4v) is 4.13. The quantitative estimate of drug-likeness (QED) is 0.455. The highest BCUT2D eigenvalue weighted by atomic mass is 35.5. The Bertz CT molecular complexity index is 958. The summed E-state index contributed by atoms with van der Waals surface area (Å²) in [6, 6.07) is 3.27. The van der Waals surface area contributed by atoms with Crippen LogP contribution in [0.15, 0.2) is 18.3 Å². The SMILES string of the molecule is Cc1nc(Nc2c(Cl)cc(Cl)cc2Cl)n2ncc(CCCCC3CC3)c2n1. The van der Waals surface area contributed by atoms with Crippen LogP contribution in [0.2, 0.25) is 15.1 Å². The summed E-state index contributed by atoms with van der Waals surface area (Å²) in [6.07, 6.45) is 9.41. The van der Waals surface area contributed by atoms with Crippen molar-refractivity contribution in [3.8, 4) is 0 Å². The molecule has 3 aromatic rings. The summed E-state index contributed by atoms with van der Waals surface area (Å²) >= 11 is 18.6. The molecule has 27 heavy (non-hydrogen) atoms. The first-order valence-electron chi connectivity index (χ1n) is 9.14. The van der Waals surface area contributed by atoms with E-state index in [2.05, 4.69) is 20.4 Å². The third kappa shape index (κ3) is 4.31. The smallest absolute Gasteiger partial charge is 0.232 e. The van der Waals surface area contributed by atoms with Crippen molar-refractivity contribution in [2.24, 2.45) is 5.92 Å². The molecule has 1 aromatic carbocycles. The van der Waals surface area contributed by atoms with Crippen molar-refractivity contribution in [3.63, 3.8) is 0 Å². The van der Waals surface area contributed by atoms with Gasteiger partial charge in [-0.1, -0.05) is 60.5 Å². The van der Waals surface area contributed by atoms with Crippen molar-refractivity contribution in [1.29, 1.82) is 0 Å². The van der Waals surface area contributed by atoms with Crippen molar-refractivity contribution in [2.75, 3.05) is 5.32 Å². The average molecular weight is 425 g/mol. The minimum atomic E-state index is 0.421. The predicted molar refractivity (Wildman–Crippen MR) is 111 cm³/mol. The molecule has 5 nitrogen and oxygen atoms in total. The molecule has 1 aliphatic carbocycles. The number of aromatic nitrogens is 4. The Labute approximate surface area is 173 Å². The van der Waals surface area contributed by atoms with Crippen LogP contribution in [-0.4, -0.2) is 19.6 Å². The molecular formula is C19H20Cl3N5. The molecule has 142 valence electrons. The molecule has 4 rings (SSSR count). The molecule has 0 saturated heterocycles. The highest BCUT2D eigenvalue weighted by Crippen LogP contribution is 2.36. The topological polar surface area (TPSA) is 55.1 Å². The van der Waals surface area contributed by atoms with Gasteiger partial charge in [0, 0.05) is 10.6 Å². The van der Waals surface area contributed by atoms with Gasteiger partial charge in [0.05, 0.1) is 21.9 Å². The van der Waals surface area contributed by atoms with E-state index in [1.54, 1.807) is 16.6 Å². The summed E-state index contributed by atoms with van der Waals surface area (Å²) in [5.74, 6) is 2.15. The third-order valence-corrected chi connectivity index (χ3v) is 5.62. The summed E-state index contributed by atoms with van der Waals surface area (Å²) in [5.41, 5.74) is 2.49. The summed E-state index contributed by atoms with van der Waals surface area (Å²) in [4.78, 5) is 9.06. The monoisotopic (exact) mass is 423 g/mol. The summed E-state index contributed by atoms with van der Waals surface area (Å²) < 4.78 is 1.70. The van der Waals surface area contributed by atoms with Gasteiger partial charge in [0.15, 0.2) is 5.65 Å². The van der Waals surface area contributed by atoms with Gasteiger partial charge < -0.3 is 5.32 Å². The Kier molecular flexibility index (Phi) is 5.44. The van der Waals surface area contributed by atoms with Gasteiger partial charge in [-0.2, -0.15) is 14.6 Å². The molecule has 0 radical (unpaired) electrons. The Morgan fingerprint density at radius 1 is 1.11 bits per heavy atom. The Morgan fingerprint density at radius 2 is 1.85 bits per heavy atom. The van der Waals surface area contributed by atoms with Gasteiger partial charge in [-0.15, -0.1) is 0 Å². The van der Waals surface area contributed by atoms with Crippen molar-refractivity contribution < 1.29 is 0 Å². The van der Waals surface area contributed by atoms with Crippen molar-refractivity contribution in [3.05, 3.63) is 44.8 Å². The number of fused-ring (bicyclic) bond motifs is 1. The van der Waals surface area contributed by atoms with Crippen LogP contribution in [0.5, 0.6) is 0 Å². The first-order valence-corrected chi connectivity index (χ1v) is 10.3. The van der Waals surface area contributed by atoms with E-state index < -0.39 is 0 Å². The van der Waals surface area contributed by atoms with Crippen LogP contribution < -0.4 is 5.32 Å². The first-order chi connectivity index (χ1) is 13.0. The average Bonchev–Trinajstić information content (AvgIpc) is 3.34. The molecule has 2 heterocycles. The molecule has 0 amide bonds. The van der Waals surface area contributed by atoms with Gasteiger partial charge in [-0.05, 0) is 37.8 Å². The number of hydrogen-bond acceptors (Lipinski definition) is 4. The minimum Gasteiger partial charge on any atom is -0.321 e. The molecule has 1 N–H and O–H groups in total. The van der Waals surface area contributed by atoms with Gasteiger partial charge in [0.1, 0.15) is 5.82 Å². The van der Waals surface area contributed by atoms with Gasteiger partial charge in [0.2, 0.25) is 5.95 Å². The number of unbranched alkanes of at least 4 members (excludes halogenated alkanes) is 1. The van der Waals surface area contributed by atoms with Crippen LogP contribution >= 0.6 is 34.8 Å². The number of benzene rings is 1. The molecule has 0 unspecified atom stereocenters. The van der Waals surface area contributed by atoms with E-state index in [0.29, 0.717) is 32.5 Å². The predicted octanol–water partition coefficient (Wildman–Crippen LogP) is 6.26. The van der Waals surface area contributed by atoms with Crippen LogP contribution in [0.25, 0.3) is 5.65 Å². The van der Waals surface area contributed by atoms with Crippen LogP contribution in [-0.2, 0) is 6.42 Å². The molecule has 0 atom stereocenters. The van der Waals surface area contributed by atoms with Gasteiger partial charge >= 0.3 is 0 Å². The van der Waals surface area contributed by atoms with Crippen LogP contribution in [0.3, 0.4) is 0 Å². The molecule has 0 bridgehead atoms. The van der Waals surface area contributed by atoms with E-state index in [1.165, 1.54) is 25.7 Å². The highest BCUT2D eigenvalue weighted by Gasteiger charge is 2.20. The van der Waals surface area contributed by atoms with Gasteiger partial charge in [-0.3, -0.25) is 0 Å². The summed E-state index contributed by atoms with van der Waals surface area (Å²) in [6.45, 7) is 1.86. The highest BCUT2D eigenvalue weighted by molar-refractivity contribution is 6.41. The van der Waals surface area contributed by atoms with Gasteiger partial charge in [-0.25, -0.2) is 4.98 Å². The largest absolute Gasteiger partial charge is 0.321 e. The summed E-state index contributed by atoms with van der Waals surface area (Å²) in [5, 5.41) is 8.98. The van der Waals surface area contributed by atoms with Crippen LogP contribution in [0.4, 0.5) is 11.6 Å². The molecule has 2 aromatic heterocycles. The van der Waals surface area contributed by atoms with E-state index in [9.17, 15) is 0 Å². The summed E-state index contributed by atoms with van der Waals surface area (Å²) in [7, 11) is 0. The second kappa shape index (κ2) is 7.82. The Balaban J connectivity index is 1.59. The second-order valence-corrected chi connectivity index (χ2v) is 8.31. The molecular weight excluding hydrogens is 405 g/mol. The maximum Gasteiger partial charge on any atom is 0.232 e. The van der Waals surface area contributed by atoms with E-state index >= 15 is 0 Å². The number of nitrogens with one attached hydrogen (secondary N) is 1. The number of halogens is 3. The van der Waals surface area contributed by atoms with Crippen LogP contribution in [0, 0.1) is 12.8 Å². The number of hydrogen-bond donors (Lipinski definition) is 1. The lowest BCUT2D eigenvalue weighted by Crippen LogP contribution is -2.07. The first kappa shape index (κ1) is 18.8. The molecule has 8 heteroatoms. The van der Waals surface area contributed by atoms with E-state index in [1.807, 2.05) is 13.1 Å². The Hall–Kier alpha value is -1.56. The minimum absolute atomic E-state index is 0.421. The maximum absolute atomic E-state index is 6.29. The number of nitrogens with zero attached hydrogens (tertiary/aromatic N) is 4. The third-order valence-electron chi connectivity index (χ3n) is 4.80. The Morgan fingerprint density at radius 3 is 2.56 bits per heavy atom. The zero-order valence-electron chi connectivity index (χ0n) is 15.0. The zero-order valence-corrected chi connectivity index (χ0v) is 17.2. The molecule has 1 aliphatic rings. The van der Waals surface area contributed by atoms with E-state index in [4.69, 9.17) is 34.8 Å². The number of rotatable bonds is 7. The second-order valence-electron chi connectivity index (χ2n) is 7.06. The van der Waals surface area contributed by atoms with E-state index in [0.717, 1.165) is 30.0 Å². The number of aryl methyl sites for hydroxylation is 2. The van der Waals surface area contributed by atoms with Gasteiger partial charge in [0.25, 0.3) is 0 Å². The van der Waals surface area contributed by atoms with E-state index in [-0.39, 0.29) is 0 Å². The molecule has 0 aliphatic heterocycles. The van der Waals surface area contributed by atoms with Crippen molar-refractivity contribution >= 4 is 52.1 Å². The van der Waals surface area contributed by atoms with Crippen molar-refractivity contribution in [2.45, 2.75) is 45.4 Å². The maximum atomic E-state index is 6.29. The standard InChI is InChI=1S/C19H20Cl3N5/c1-11-24-18-13(5-3-2-4-12-6-7-12)10-23-27(18)19(25-11)26-17-15(21)8-14(20)9-16(17)22/h8-10,12H,2-7H2,1H3,(H,24,25,26). The lowest BCUT2D eigenvalue weighted by Gasteiger charge is -2.12. The lowest BCUT2D eigenvalue weighted by atomic mass is 10.1. The lowest BCUT2D eigenvalue weighted by molar-refractivity contribution is 0.629. The van der Waals surface area contributed by atoms with Crippen molar-refractivity contribution in [1.82, 2.24) is 19.6 Å². The molecule has 1 saturated carbocycles.